The number of aromatic nitrogens is 2. The molecule has 2 aromatic rings. The Balaban J connectivity index is 1.91. The van der Waals surface area contributed by atoms with Crippen LogP contribution in [0.3, 0.4) is 0 Å². The standard InChI is InChI=1S/C18H22ClN5/c1-2-10-22-18-16(17(20)21)15(23-24(18)14-7-8-14)9-6-12-4-3-5-13(19)11-12/h3-5,10-11,14H,2,6-9H2,1H3,(H3,20,21). The van der Waals surface area contributed by atoms with Crippen LogP contribution in [0, 0.1) is 5.41 Å². The van der Waals surface area contributed by atoms with Crippen molar-refractivity contribution in [2.45, 2.75) is 45.1 Å². The summed E-state index contributed by atoms with van der Waals surface area (Å²) < 4.78 is 1.95. The Labute approximate surface area is 147 Å². The number of amidine groups is 1. The van der Waals surface area contributed by atoms with Gasteiger partial charge in [0.2, 0.25) is 0 Å². The topological polar surface area (TPSA) is 80.1 Å². The zero-order valence-electron chi connectivity index (χ0n) is 13.8. The van der Waals surface area contributed by atoms with Gasteiger partial charge < -0.3 is 5.73 Å². The third-order valence-corrected chi connectivity index (χ3v) is 4.29. The van der Waals surface area contributed by atoms with Crippen LogP contribution in [0.2, 0.25) is 5.02 Å². The number of nitrogens with two attached hydrogens (primary N) is 1. The molecule has 1 aromatic heterocycles. The van der Waals surface area contributed by atoms with Crippen LogP contribution in [-0.4, -0.2) is 21.8 Å². The molecule has 0 amide bonds. The zero-order valence-corrected chi connectivity index (χ0v) is 14.6. The van der Waals surface area contributed by atoms with Gasteiger partial charge in [-0.15, -0.1) is 0 Å². The number of hydrogen-bond donors (Lipinski definition) is 2. The molecule has 126 valence electrons. The second-order valence-corrected chi connectivity index (χ2v) is 6.52. The molecule has 0 radical (unpaired) electrons. The van der Waals surface area contributed by atoms with E-state index in [1.165, 1.54) is 0 Å². The summed E-state index contributed by atoms with van der Waals surface area (Å²) in [5, 5.41) is 13.4. The summed E-state index contributed by atoms with van der Waals surface area (Å²) in [5.74, 6) is 0.763. The molecule has 5 nitrogen and oxygen atoms in total. The lowest BCUT2D eigenvalue weighted by Gasteiger charge is -2.03. The summed E-state index contributed by atoms with van der Waals surface area (Å²) in [5.41, 5.74) is 8.52. The van der Waals surface area contributed by atoms with E-state index >= 15 is 0 Å². The lowest BCUT2D eigenvalue weighted by molar-refractivity contribution is 0.632. The number of halogens is 1. The first-order valence-corrected chi connectivity index (χ1v) is 8.70. The van der Waals surface area contributed by atoms with Gasteiger partial charge in [-0.2, -0.15) is 5.10 Å². The minimum absolute atomic E-state index is 0.0336. The Morgan fingerprint density at radius 2 is 2.25 bits per heavy atom. The minimum atomic E-state index is 0.0336. The van der Waals surface area contributed by atoms with Crippen LogP contribution in [0.15, 0.2) is 29.3 Å². The predicted octanol–water partition coefficient (Wildman–Crippen LogP) is 4.05. The third-order valence-electron chi connectivity index (χ3n) is 4.06. The molecule has 1 saturated carbocycles. The highest BCUT2D eigenvalue weighted by atomic mass is 35.5. The number of aliphatic imine (C=N–C) groups is 1. The van der Waals surface area contributed by atoms with Gasteiger partial charge in [0.15, 0.2) is 5.82 Å². The maximum Gasteiger partial charge on any atom is 0.161 e. The van der Waals surface area contributed by atoms with Gasteiger partial charge in [0, 0.05) is 11.2 Å². The van der Waals surface area contributed by atoms with Crippen LogP contribution >= 0.6 is 11.6 Å². The van der Waals surface area contributed by atoms with Gasteiger partial charge in [-0.1, -0.05) is 30.7 Å². The summed E-state index contributed by atoms with van der Waals surface area (Å²) in [4.78, 5) is 4.53. The van der Waals surface area contributed by atoms with Crippen molar-refractivity contribution >= 4 is 29.5 Å². The van der Waals surface area contributed by atoms with Crippen LogP contribution in [0.4, 0.5) is 5.82 Å². The van der Waals surface area contributed by atoms with Crippen molar-refractivity contribution in [2.24, 2.45) is 10.7 Å². The van der Waals surface area contributed by atoms with Gasteiger partial charge in [0.05, 0.1) is 17.3 Å². The summed E-state index contributed by atoms with van der Waals surface area (Å²) in [6, 6.07) is 8.22. The quantitative estimate of drug-likeness (QED) is 0.587. The van der Waals surface area contributed by atoms with Crippen LogP contribution in [0.1, 0.15) is 49.0 Å². The highest BCUT2D eigenvalue weighted by molar-refractivity contribution is 6.30. The molecule has 0 unspecified atom stereocenters. The Bertz CT molecular complexity index is 774. The van der Waals surface area contributed by atoms with Crippen molar-refractivity contribution in [3.8, 4) is 0 Å². The first kappa shape index (κ1) is 16.7. The summed E-state index contributed by atoms with van der Waals surface area (Å²) in [6.07, 6.45) is 6.43. The van der Waals surface area contributed by atoms with E-state index in [-0.39, 0.29) is 5.84 Å². The summed E-state index contributed by atoms with van der Waals surface area (Å²) >= 11 is 6.05. The van der Waals surface area contributed by atoms with E-state index in [4.69, 9.17) is 27.8 Å². The molecule has 0 spiro atoms. The number of nitrogens with zero attached hydrogens (tertiary/aromatic N) is 3. The number of nitrogen functional groups attached to an aromatic ring is 1. The predicted molar refractivity (Wildman–Crippen MR) is 98.8 cm³/mol. The fourth-order valence-electron chi connectivity index (χ4n) is 2.75. The maximum atomic E-state index is 7.97. The van der Waals surface area contributed by atoms with Crippen molar-refractivity contribution in [3.05, 3.63) is 46.1 Å². The molecule has 1 fully saturated rings. The highest BCUT2D eigenvalue weighted by Crippen LogP contribution is 2.39. The maximum absolute atomic E-state index is 7.97. The van der Waals surface area contributed by atoms with Gasteiger partial charge in [-0.3, -0.25) is 5.41 Å². The second kappa shape index (κ2) is 7.18. The number of hydrogen-bond acceptors (Lipinski definition) is 3. The SMILES string of the molecule is CCC=Nc1c(C(=N)N)c(CCc2cccc(Cl)c2)nn1C1CC1. The van der Waals surface area contributed by atoms with Crippen molar-refractivity contribution in [2.75, 3.05) is 0 Å². The molecule has 1 aliphatic carbocycles. The van der Waals surface area contributed by atoms with E-state index in [0.717, 1.165) is 47.8 Å². The van der Waals surface area contributed by atoms with Crippen molar-refractivity contribution < 1.29 is 0 Å². The summed E-state index contributed by atoms with van der Waals surface area (Å²) in [7, 11) is 0. The van der Waals surface area contributed by atoms with E-state index in [1.54, 1.807) is 0 Å². The monoisotopic (exact) mass is 343 g/mol. The molecule has 1 aliphatic rings. The molecule has 3 rings (SSSR count). The molecular weight excluding hydrogens is 322 g/mol. The average molecular weight is 344 g/mol. The number of rotatable bonds is 7. The van der Waals surface area contributed by atoms with Gasteiger partial charge in [0.25, 0.3) is 0 Å². The van der Waals surface area contributed by atoms with Gasteiger partial charge >= 0.3 is 0 Å². The van der Waals surface area contributed by atoms with E-state index in [0.29, 0.717) is 18.0 Å². The molecule has 0 atom stereocenters. The van der Waals surface area contributed by atoms with E-state index < -0.39 is 0 Å². The molecule has 0 aliphatic heterocycles. The largest absolute Gasteiger partial charge is 0.384 e. The van der Waals surface area contributed by atoms with Crippen LogP contribution in [0.5, 0.6) is 0 Å². The molecule has 1 heterocycles. The Morgan fingerprint density at radius 1 is 1.46 bits per heavy atom. The van der Waals surface area contributed by atoms with Crippen molar-refractivity contribution in [1.29, 1.82) is 5.41 Å². The molecular formula is C18H22ClN5. The minimum Gasteiger partial charge on any atom is -0.384 e. The van der Waals surface area contributed by atoms with Crippen molar-refractivity contribution in [3.63, 3.8) is 0 Å². The molecule has 0 bridgehead atoms. The first-order valence-electron chi connectivity index (χ1n) is 8.33. The van der Waals surface area contributed by atoms with Gasteiger partial charge in [0.1, 0.15) is 5.84 Å². The van der Waals surface area contributed by atoms with Crippen LogP contribution < -0.4 is 5.73 Å². The lowest BCUT2D eigenvalue weighted by atomic mass is 10.1. The Hall–Kier alpha value is -2.14. The number of aryl methyl sites for hydroxylation is 2. The van der Waals surface area contributed by atoms with Gasteiger partial charge in [-0.25, -0.2) is 9.67 Å². The van der Waals surface area contributed by atoms with Crippen LogP contribution in [-0.2, 0) is 12.8 Å². The molecule has 24 heavy (non-hydrogen) atoms. The number of benzene rings is 1. The highest BCUT2D eigenvalue weighted by Gasteiger charge is 2.30. The zero-order chi connectivity index (χ0) is 17.1. The smallest absolute Gasteiger partial charge is 0.161 e. The molecule has 0 saturated heterocycles. The Morgan fingerprint density at radius 3 is 2.88 bits per heavy atom. The van der Waals surface area contributed by atoms with Crippen molar-refractivity contribution in [1.82, 2.24) is 9.78 Å². The van der Waals surface area contributed by atoms with Crippen LogP contribution in [0.25, 0.3) is 0 Å². The van der Waals surface area contributed by atoms with E-state index in [9.17, 15) is 0 Å². The molecule has 3 N–H and O–H groups in total. The van der Waals surface area contributed by atoms with E-state index in [1.807, 2.05) is 42.1 Å². The fraction of sp³-hybridized carbons (Fsp3) is 0.389. The van der Waals surface area contributed by atoms with Gasteiger partial charge in [-0.05, 0) is 49.8 Å². The molecule has 1 aromatic carbocycles. The number of nitrogens with one attached hydrogen (secondary N) is 1. The lowest BCUT2D eigenvalue weighted by Crippen LogP contribution is -2.13. The first-order chi connectivity index (χ1) is 11.6. The second-order valence-electron chi connectivity index (χ2n) is 6.08. The fourth-order valence-corrected chi connectivity index (χ4v) is 2.97. The third kappa shape index (κ3) is 3.67. The average Bonchev–Trinajstić information content (AvgIpc) is 3.32. The summed E-state index contributed by atoms with van der Waals surface area (Å²) in [6.45, 7) is 2.04. The Kier molecular flexibility index (Phi) is 5.00. The molecule has 6 heteroatoms. The normalized spacial score (nSPS) is 14.4. The van der Waals surface area contributed by atoms with E-state index in [2.05, 4.69) is 4.99 Å².